The van der Waals surface area contributed by atoms with Crippen molar-refractivity contribution >= 4 is 11.6 Å². The third-order valence-corrected chi connectivity index (χ3v) is 4.12. The SMILES string of the molecule is COc1cc(O)c2c(c1)OC(OC)(c1ccc(O)c(OC)c1)C(=O)C2=O. The number of hydrogen-bond acceptors (Lipinski definition) is 8. The minimum absolute atomic E-state index is 0.0691. The number of hydrogen-bond donors (Lipinski definition) is 2. The summed E-state index contributed by atoms with van der Waals surface area (Å²) >= 11 is 0. The van der Waals surface area contributed by atoms with E-state index in [0.717, 1.165) is 0 Å². The van der Waals surface area contributed by atoms with Crippen LogP contribution in [0.25, 0.3) is 0 Å². The Morgan fingerprint density at radius 3 is 2.31 bits per heavy atom. The Kier molecular flexibility index (Phi) is 4.21. The summed E-state index contributed by atoms with van der Waals surface area (Å²) in [7, 11) is 3.92. The quantitative estimate of drug-likeness (QED) is 0.794. The summed E-state index contributed by atoms with van der Waals surface area (Å²) in [5.41, 5.74) is -0.129. The molecule has 3 rings (SSSR count). The van der Waals surface area contributed by atoms with E-state index in [1.54, 1.807) is 0 Å². The predicted octanol–water partition coefficient (Wildman–Crippen LogP) is 1.76. The van der Waals surface area contributed by atoms with Crippen molar-refractivity contribution in [1.29, 1.82) is 0 Å². The molecule has 1 heterocycles. The van der Waals surface area contributed by atoms with Crippen molar-refractivity contribution in [2.24, 2.45) is 0 Å². The van der Waals surface area contributed by atoms with E-state index in [1.807, 2.05) is 0 Å². The molecule has 1 atom stereocenters. The van der Waals surface area contributed by atoms with Gasteiger partial charge >= 0.3 is 5.79 Å². The molecule has 0 saturated heterocycles. The fourth-order valence-corrected chi connectivity index (χ4v) is 2.79. The Labute approximate surface area is 148 Å². The molecule has 0 spiro atoms. The Morgan fingerprint density at radius 1 is 0.962 bits per heavy atom. The Hall–Kier alpha value is -3.26. The van der Waals surface area contributed by atoms with E-state index in [2.05, 4.69) is 0 Å². The second kappa shape index (κ2) is 6.23. The standard InChI is InChI=1S/C18H16O8/c1-23-10-7-12(20)15-14(8-10)26-18(25-3,17(22)16(15)21)9-4-5-11(19)13(6-9)24-2/h4-8,19-20H,1-3H3. The molecule has 8 nitrogen and oxygen atoms in total. The molecule has 2 N–H and O–H groups in total. The molecule has 136 valence electrons. The Bertz CT molecular complexity index is 904. The molecular formula is C18H16O8. The number of fused-ring (bicyclic) bond motifs is 1. The number of Topliss-reactive ketones (excluding diaryl/α,β-unsaturated/α-hetero) is 2. The molecule has 2 aromatic rings. The smallest absolute Gasteiger partial charge is 0.305 e. The summed E-state index contributed by atoms with van der Waals surface area (Å²) in [6.07, 6.45) is 0. The lowest BCUT2D eigenvalue weighted by molar-refractivity contribution is -0.185. The zero-order chi connectivity index (χ0) is 19.1. The van der Waals surface area contributed by atoms with Crippen molar-refractivity contribution in [3.05, 3.63) is 41.5 Å². The Morgan fingerprint density at radius 2 is 1.69 bits per heavy atom. The van der Waals surface area contributed by atoms with Crippen LogP contribution in [0.2, 0.25) is 0 Å². The number of carbonyl (C=O) groups excluding carboxylic acids is 2. The van der Waals surface area contributed by atoms with Crippen molar-refractivity contribution in [2.45, 2.75) is 5.79 Å². The van der Waals surface area contributed by atoms with E-state index in [-0.39, 0.29) is 34.1 Å². The minimum Gasteiger partial charge on any atom is -0.507 e. The van der Waals surface area contributed by atoms with Gasteiger partial charge in [0.05, 0.1) is 14.2 Å². The number of methoxy groups -OCH3 is 3. The lowest BCUT2D eigenvalue weighted by Gasteiger charge is -2.35. The molecule has 1 unspecified atom stereocenters. The lowest BCUT2D eigenvalue weighted by Crippen LogP contribution is -2.50. The highest BCUT2D eigenvalue weighted by Crippen LogP contribution is 2.44. The third-order valence-electron chi connectivity index (χ3n) is 4.12. The van der Waals surface area contributed by atoms with Gasteiger partial charge in [-0.25, -0.2) is 0 Å². The van der Waals surface area contributed by atoms with Crippen molar-refractivity contribution < 1.29 is 38.7 Å². The first-order valence-corrected chi connectivity index (χ1v) is 7.49. The van der Waals surface area contributed by atoms with Crippen LogP contribution in [0, 0.1) is 0 Å². The van der Waals surface area contributed by atoms with Crippen LogP contribution in [0.15, 0.2) is 30.3 Å². The number of ketones is 2. The van der Waals surface area contributed by atoms with Gasteiger partial charge in [0.25, 0.3) is 5.78 Å². The van der Waals surface area contributed by atoms with E-state index in [9.17, 15) is 19.8 Å². The first-order valence-electron chi connectivity index (χ1n) is 7.49. The first-order chi connectivity index (χ1) is 12.4. The summed E-state index contributed by atoms with van der Waals surface area (Å²) in [4.78, 5) is 25.4. The molecule has 0 aromatic heterocycles. The highest BCUT2D eigenvalue weighted by atomic mass is 16.7. The number of ether oxygens (including phenoxy) is 4. The molecule has 1 aliphatic rings. The maximum Gasteiger partial charge on any atom is 0.305 e. The Balaban J connectivity index is 2.22. The first kappa shape index (κ1) is 17.6. The van der Waals surface area contributed by atoms with E-state index >= 15 is 0 Å². The molecule has 1 aliphatic heterocycles. The largest absolute Gasteiger partial charge is 0.507 e. The highest BCUT2D eigenvalue weighted by molar-refractivity contribution is 6.48. The number of rotatable bonds is 4. The van der Waals surface area contributed by atoms with Crippen molar-refractivity contribution in [1.82, 2.24) is 0 Å². The van der Waals surface area contributed by atoms with Crippen LogP contribution in [0.3, 0.4) is 0 Å². The third kappa shape index (κ3) is 2.42. The van der Waals surface area contributed by atoms with Gasteiger partial charge in [-0.1, -0.05) is 0 Å². The van der Waals surface area contributed by atoms with Crippen molar-refractivity contribution in [3.63, 3.8) is 0 Å². The van der Waals surface area contributed by atoms with E-state index in [4.69, 9.17) is 18.9 Å². The van der Waals surface area contributed by atoms with E-state index < -0.39 is 23.1 Å². The van der Waals surface area contributed by atoms with Crippen LogP contribution in [0.1, 0.15) is 15.9 Å². The molecule has 0 bridgehead atoms. The number of aromatic hydroxyl groups is 2. The predicted molar refractivity (Wildman–Crippen MR) is 88.0 cm³/mol. The molecule has 0 saturated carbocycles. The van der Waals surface area contributed by atoms with Crippen LogP contribution < -0.4 is 14.2 Å². The highest BCUT2D eigenvalue weighted by Gasteiger charge is 2.53. The van der Waals surface area contributed by atoms with Crippen LogP contribution >= 0.6 is 0 Å². The second-order valence-electron chi connectivity index (χ2n) is 5.49. The van der Waals surface area contributed by atoms with E-state index in [0.29, 0.717) is 0 Å². The van der Waals surface area contributed by atoms with Gasteiger partial charge in [0.2, 0.25) is 5.78 Å². The van der Waals surface area contributed by atoms with Crippen LogP contribution in [-0.4, -0.2) is 43.1 Å². The van der Waals surface area contributed by atoms with Gasteiger partial charge in [-0.05, 0) is 18.2 Å². The summed E-state index contributed by atoms with van der Waals surface area (Å²) < 4.78 is 21.1. The zero-order valence-electron chi connectivity index (χ0n) is 14.2. The number of benzene rings is 2. The minimum atomic E-state index is -2.09. The molecule has 0 aliphatic carbocycles. The van der Waals surface area contributed by atoms with Crippen LogP contribution in [-0.2, 0) is 15.3 Å². The van der Waals surface area contributed by atoms with Gasteiger partial charge in [-0.2, -0.15) is 0 Å². The van der Waals surface area contributed by atoms with Crippen molar-refractivity contribution in [3.8, 4) is 28.7 Å². The molecule has 0 radical (unpaired) electrons. The molecule has 0 fully saturated rings. The fraction of sp³-hybridized carbons (Fsp3) is 0.222. The second-order valence-corrected chi connectivity index (χ2v) is 5.49. The van der Waals surface area contributed by atoms with Gasteiger partial charge < -0.3 is 29.2 Å². The molecule has 26 heavy (non-hydrogen) atoms. The number of phenols is 2. The normalized spacial score (nSPS) is 18.9. The average molecular weight is 360 g/mol. The summed E-state index contributed by atoms with van der Waals surface area (Å²) in [6.45, 7) is 0. The maximum atomic E-state index is 12.8. The maximum absolute atomic E-state index is 12.8. The summed E-state index contributed by atoms with van der Waals surface area (Å²) in [5, 5.41) is 19.8. The van der Waals surface area contributed by atoms with Gasteiger partial charge in [-0.15, -0.1) is 0 Å². The van der Waals surface area contributed by atoms with Gasteiger partial charge in [0.15, 0.2) is 11.5 Å². The van der Waals surface area contributed by atoms with Gasteiger partial charge in [-0.3, -0.25) is 9.59 Å². The fourth-order valence-electron chi connectivity index (χ4n) is 2.79. The lowest BCUT2D eigenvalue weighted by atomic mass is 9.91. The van der Waals surface area contributed by atoms with Gasteiger partial charge in [0, 0.05) is 24.8 Å². The van der Waals surface area contributed by atoms with Crippen molar-refractivity contribution in [2.75, 3.05) is 21.3 Å². The number of carbonyl (C=O) groups is 2. The topological polar surface area (TPSA) is 112 Å². The average Bonchev–Trinajstić information content (AvgIpc) is 2.64. The van der Waals surface area contributed by atoms with E-state index in [1.165, 1.54) is 51.7 Å². The summed E-state index contributed by atoms with van der Waals surface area (Å²) in [6, 6.07) is 6.56. The molecule has 2 aromatic carbocycles. The van der Waals surface area contributed by atoms with Crippen LogP contribution in [0.4, 0.5) is 0 Å². The molecule has 8 heteroatoms. The number of phenolic OH excluding ortho intramolecular Hbond substituents is 2. The zero-order valence-corrected chi connectivity index (χ0v) is 14.2. The molecule has 0 amide bonds. The molecular weight excluding hydrogens is 344 g/mol. The monoisotopic (exact) mass is 360 g/mol. The van der Waals surface area contributed by atoms with Crippen LogP contribution in [0.5, 0.6) is 28.7 Å². The summed E-state index contributed by atoms with van der Waals surface area (Å²) in [5.74, 6) is -4.45. The van der Waals surface area contributed by atoms with Gasteiger partial charge in [0.1, 0.15) is 22.8 Å².